The average Bonchev–Trinajstić information content (AvgIpc) is 2.44. The molecule has 1 aromatic heterocycles. The molecule has 86 valence electrons. The van der Waals surface area contributed by atoms with Gasteiger partial charge in [0.05, 0.1) is 16.4 Å². The summed E-state index contributed by atoms with van der Waals surface area (Å²) in [6.45, 7) is 8.77. The van der Waals surface area contributed by atoms with Crippen LogP contribution < -0.4 is 5.32 Å². The molecule has 3 nitrogen and oxygen atoms in total. The van der Waals surface area contributed by atoms with Crippen LogP contribution in [0, 0.1) is 0 Å². The summed E-state index contributed by atoms with van der Waals surface area (Å²) >= 11 is 3.54. The van der Waals surface area contributed by atoms with Gasteiger partial charge in [-0.1, -0.05) is 20.8 Å². The topological polar surface area (TPSA) is 29.9 Å². The van der Waals surface area contributed by atoms with Crippen molar-refractivity contribution in [1.29, 1.82) is 0 Å². The highest BCUT2D eigenvalue weighted by Gasteiger charge is 2.20. The minimum Gasteiger partial charge on any atom is -0.311 e. The molecule has 0 fully saturated rings. The van der Waals surface area contributed by atoms with Gasteiger partial charge in [0.15, 0.2) is 0 Å². The van der Waals surface area contributed by atoms with Crippen molar-refractivity contribution >= 4 is 15.9 Å². The van der Waals surface area contributed by atoms with Crippen LogP contribution in [0.25, 0.3) is 0 Å². The van der Waals surface area contributed by atoms with E-state index >= 15 is 0 Å². The number of aromatic nitrogens is 2. The lowest BCUT2D eigenvalue weighted by atomic mass is 9.99. The van der Waals surface area contributed by atoms with Gasteiger partial charge < -0.3 is 5.32 Å². The van der Waals surface area contributed by atoms with Gasteiger partial charge in [-0.05, 0) is 22.9 Å². The van der Waals surface area contributed by atoms with Crippen molar-refractivity contribution in [3.05, 3.63) is 16.4 Å². The predicted molar refractivity (Wildman–Crippen MR) is 67.1 cm³/mol. The molecular weight excluding hydrogens is 254 g/mol. The first-order valence-electron chi connectivity index (χ1n) is 5.37. The van der Waals surface area contributed by atoms with Crippen molar-refractivity contribution < 1.29 is 0 Å². The lowest BCUT2D eigenvalue weighted by molar-refractivity contribution is 0.424. The van der Waals surface area contributed by atoms with Crippen molar-refractivity contribution in [3.8, 4) is 0 Å². The first kappa shape index (κ1) is 12.7. The highest BCUT2D eigenvalue weighted by molar-refractivity contribution is 9.10. The van der Waals surface area contributed by atoms with Crippen LogP contribution in [0.15, 0.2) is 10.7 Å². The normalized spacial score (nSPS) is 15.7. The second kappa shape index (κ2) is 5.12. The Labute approximate surface area is 100 Å². The zero-order chi connectivity index (χ0) is 11.6. The molecule has 4 heteroatoms. The monoisotopic (exact) mass is 273 g/mol. The molecule has 0 radical (unpaired) electrons. The molecule has 0 bridgehead atoms. The smallest absolute Gasteiger partial charge is 0.0635 e. The third-order valence-corrected chi connectivity index (χ3v) is 3.33. The highest BCUT2D eigenvalue weighted by Crippen LogP contribution is 2.26. The Morgan fingerprint density at radius 1 is 1.33 bits per heavy atom. The van der Waals surface area contributed by atoms with Crippen molar-refractivity contribution in [3.63, 3.8) is 0 Å². The van der Waals surface area contributed by atoms with Gasteiger partial charge in [-0.2, -0.15) is 5.10 Å². The number of hydrogen-bond acceptors (Lipinski definition) is 2. The zero-order valence-electron chi connectivity index (χ0n) is 10.1. The Balaban J connectivity index is 2.80. The fourth-order valence-electron chi connectivity index (χ4n) is 1.84. The summed E-state index contributed by atoms with van der Waals surface area (Å²) in [5, 5.41) is 7.76. The van der Waals surface area contributed by atoms with E-state index in [1.54, 1.807) is 0 Å². The van der Waals surface area contributed by atoms with Gasteiger partial charge in [0.1, 0.15) is 0 Å². The van der Waals surface area contributed by atoms with Gasteiger partial charge in [-0.3, -0.25) is 4.68 Å². The molecule has 15 heavy (non-hydrogen) atoms. The molecule has 2 unspecified atom stereocenters. The van der Waals surface area contributed by atoms with Gasteiger partial charge >= 0.3 is 0 Å². The summed E-state index contributed by atoms with van der Waals surface area (Å²) in [7, 11) is 1.98. The SMILES string of the molecule is CC(C)NC(C)C(C)c1c(Br)cnn1C. The molecule has 1 aromatic rings. The van der Waals surface area contributed by atoms with Gasteiger partial charge in [0.2, 0.25) is 0 Å². The molecule has 0 aliphatic carbocycles. The van der Waals surface area contributed by atoms with E-state index in [4.69, 9.17) is 0 Å². The number of halogens is 1. The Hall–Kier alpha value is -0.350. The maximum atomic E-state index is 4.24. The minimum absolute atomic E-state index is 0.439. The Bertz CT molecular complexity index is 300. The number of nitrogens with zero attached hydrogens (tertiary/aromatic N) is 2. The second-order valence-electron chi connectivity index (χ2n) is 4.40. The van der Waals surface area contributed by atoms with E-state index in [9.17, 15) is 0 Å². The van der Waals surface area contributed by atoms with E-state index < -0.39 is 0 Å². The van der Waals surface area contributed by atoms with Crippen LogP contribution in [0.1, 0.15) is 39.3 Å². The first-order valence-corrected chi connectivity index (χ1v) is 6.16. The first-order chi connectivity index (χ1) is 6.93. The number of aryl methyl sites for hydroxylation is 1. The Morgan fingerprint density at radius 3 is 2.33 bits per heavy atom. The van der Waals surface area contributed by atoms with Gasteiger partial charge in [0.25, 0.3) is 0 Å². The molecule has 0 aliphatic heterocycles. The van der Waals surface area contributed by atoms with Crippen LogP contribution in [0.2, 0.25) is 0 Å². The zero-order valence-corrected chi connectivity index (χ0v) is 11.7. The molecule has 1 rings (SSSR count). The van der Waals surface area contributed by atoms with Crippen LogP contribution in [-0.2, 0) is 7.05 Å². The van der Waals surface area contributed by atoms with Crippen LogP contribution >= 0.6 is 15.9 Å². The summed E-state index contributed by atoms with van der Waals surface area (Å²) in [5.74, 6) is 0.439. The van der Waals surface area contributed by atoms with E-state index in [1.807, 2.05) is 17.9 Å². The lowest BCUT2D eigenvalue weighted by Gasteiger charge is -2.24. The Morgan fingerprint density at radius 2 is 1.93 bits per heavy atom. The third kappa shape index (κ3) is 3.05. The second-order valence-corrected chi connectivity index (χ2v) is 5.25. The van der Waals surface area contributed by atoms with E-state index in [1.165, 1.54) is 5.69 Å². The van der Waals surface area contributed by atoms with Gasteiger partial charge in [-0.25, -0.2) is 0 Å². The van der Waals surface area contributed by atoms with Gasteiger partial charge in [0, 0.05) is 25.0 Å². The highest BCUT2D eigenvalue weighted by atomic mass is 79.9. The molecule has 0 saturated carbocycles. The van der Waals surface area contributed by atoms with Crippen molar-refractivity contribution in [1.82, 2.24) is 15.1 Å². The van der Waals surface area contributed by atoms with E-state index in [0.717, 1.165) is 4.47 Å². The maximum Gasteiger partial charge on any atom is 0.0635 e. The molecule has 1 heterocycles. The fraction of sp³-hybridized carbons (Fsp3) is 0.727. The molecule has 0 spiro atoms. The summed E-state index contributed by atoms with van der Waals surface area (Å²) in [5.41, 5.74) is 1.25. The number of rotatable bonds is 4. The van der Waals surface area contributed by atoms with Crippen molar-refractivity contribution in [2.75, 3.05) is 0 Å². The molecule has 0 aliphatic rings. The summed E-state index contributed by atoms with van der Waals surface area (Å²) in [4.78, 5) is 0. The van der Waals surface area contributed by atoms with E-state index in [0.29, 0.717) is 18.0 Å². The predicted octanol–water partition coefficient (Wildman–Crippen LogP) is 2.67. The molecule has 0 aromatic carbocycles. The van der Waals surface area contributed by atoms with Crippen LogP contribution in [0.3, 0.4) is 0 Å². The van der Waals surface area contributed by atoms with Crippen LogP contribution in [0.4, 0.5) is 0 Å². The molecule has 1 N–H and O–H groups in total. The van der Waals surface area contributed by atoms with Gasteiger partial charge in [-0.15, -0.1) is 0 Å². The Kier molecular flexibility index (Phi) is 4.34. The minimum atomic E-state index is 0.439. The van der Waals surface area contributed by atoms with E-state index in [-0.39, 0.29) is 0 Å². The van der Waals surface area contributed by atoms with Crippen LogP contribution in [-0.4, -0.2) is 21.9 Å². The van der Waals surface area contributed by atoms with Crippen molar-refractivity contribution in [2.24, 2.45) is 7.05 Å². The summed E-state index contributed by atoms with van der Waals surface area (Å²) < 4.78 is 3.03. The number of hydrogen-bond donors (Lipinski definition) is 1. The van der Waals surface area contributed by atoms with Crippen molar-refractivity contribution in [2.45, 2.75) is 45.7 Å². The largest absolute Gasteiger partial charge is 0.311 e. The van der Waals surface area contributed by atoms with E-state index in [2.05, 4.69) is 54.0 Å². The quantitative estimate of drug-likeness (QED) is 0.914. The molecule has 0 saturated heterocycles. The summed E-state index contributed by atoms with van der Waals surface area (Å²) in [6, 6.07) is 0.950. The standard InChI is InChI=1S/C11H20BrN3/c1-7(2)14-9(4)8(3)11-10(12)6-13-15(11)5/h6-9,14H,1-5H3. The fourth-order valence-corrected chi connectivity index (χ4v) is 2.55. The lowest BCUT2D eigenvalue weighted by Crippen LogP contribution is -2.36. The maximum absolute atomic E-state index is 4.24. The molecule has 2 atom stereocenters. The third-order valence-electron chi connectivity index (χ3n) is 2.72. The van der Waals surface area contributed by atoms with Crippen LogP contribution in [0.5, 0.6) is 0 Å². The average molecular weight is 274 g/mol. The molecular formula is C11H20BrN3. The number of nitrogens with one attached hydrogen (secondary N) is 1. The molecule has 0 amide bonds. The summed E-state index contributed by atoms with van der Waals surface area (Å²) in [6.07, 6.45) is 1.86.